The standard InChI is InChI=1S/C19H28N6O2/c1-2-22-8-10-23(11-9-22)16(26)19(4-5-19)17(27)24-12-14-25(15-13-24)18-20-6-3-7-21-18/h3,6-7H,2,4-5,8-15H2,1H3. The average Bonchev–Trinajstić information content (AvgIpc) is 3.55. The molecule has 2 aliphatic heterocycles. The van der Waals surface area contributed by atoms with Crippen molar-refractivity contribution in [2.45, 2.75) is 19.8 Å². The minimum atomic E-state index is -0.778. The maximum Gasteiger partial charge on any atom is 0.238 e. The van der Waals surface area contributed by atoms with E-state index in [0.717, 1.165) is 32.7 Å². The Kier molecular flexibility index (Phi) is 4.99. The summed E-state index contributed by atoms with van der Waals surface area (Å²) in [4.78, 5) is 43.0. The third-order valence-corrected chi connectivity index (χ3v) is 6.08. The summed E-state index contributed by atoms with van der Waals surface area (Å²) in [6.07, 6.45) is 4.85. The van der Waals surface area contributed by atoms with Crippen LogP contribution in [0.25, 0.3) is 0 Å². The summed E-state index contributed by atoms with van der Waals surface area (Å²) in [6.45, 7) is 9.09. The van der Waals surface area contributed by atoms with Crippen molar-refractivity contribution in [1.29, 1.82) is 0 Å². The number of hydrogen-bond donors (Lipinski definition) is 0. The molecule has 146 valence electrons. The van der Waals surface area contributed by atoms with Crippen molar-refractivity contribution >= 4 is 17.8 Å². The highest BCUT2D eigenvalue weighted by Gasteiger charge is 2.59. The van der Waals surface area contributed by atoms with Crippen molar-refractivity contribution in [3.8, 4) is 0 Å². The first kappa shape index (κ1) is 18.2. The fourth-order valence-corrected chi connectivity index (χ4v) is 4.08. The lowest BCUT2D eigenvalue weighted by atomic mass is 10.0. The largest absolute Gasteiger partial charge is 0.339 e. The van der Waals surface area contributed by atoms with Crippen molar-refractivity contribution in [1.82, 2.24) is 24.7 Å². The molecule has 8 heteroatoms. The lowest BCUT2D eigenvalue weighted by Gasteiger charge is -2.39. The molecule has 2 amide bonds. The highest BCUT2D eigenvalue weighted by molar-refractivity contribution is 6.08. The molecule has 0 radical (unpaired) electrons. The molecule has 1 saturated carbocycles. The van der Waals surface area contributed by atoms with E-state index in [-0.39, 0.29) is 11.8 Å². The number of aromatic nitrogens is 2. The van der Waals surface area contributed by atoms with E-state index in [1.807, 2.05) is 9.80 Å². The lowest BCUT2D eigenvalue weighted by molar-refractivity contribution is -0.150. The Morgan fingerprint density at radius 3 is 1.89 bits per heavy atom. The van der Waals surface area contributed by atoms with Gasteiger partial charge in [0, 0.05) is 64.8 Å². The smallest absolute Gasteiger partial charge is 0.238 e. The summed E-state index contributed by atoms with van der Waals surface area (Å²) in [5, 5.41) is 0. The summed E-state index contributed by atoms with van der Waals surface area (Å²) in [7, 11) is 0. The third kappa shape index (κ3) is 3.50. The second kappa shape index (κ2) is 7.42. The predicted molar refractivity (Wildman–Crippen MR) is 101 cm³/mol. The van der Waals surface area contributed by atoms with Crippen LogP contribution < -0.4 is 4.90 Å². The van der Waals surface area contributed by atoms with Crippen molar-refractivity contribution in [2.75, 3.05) is 63.8 Å². The molecule has 0 aromatic carbocycles. The Morgan fingerprint density at radius 2 is 1.41 bits per heavy atom. The van der Waals surface area contributed by atoms with Gasteiger partial charge in [0.05, 0.1) is 0 Å². The van der Waals surface area contributed by atoms with Gasteiger partial charge in [-0.1, -0.05) is 6.92 Å². The molecule has 0 unspecified atom stereocenters. The molecule has 2 saturated heterocycles. The van der Waals surface area contributed by atoms with Crippen LogP contribution in [0.1, 0.15) is 19.8 Å². The van der Waals surface area contributed by atoms with Crippen molar-refractivity contribution in [2.24, 2.45) is 5.41 Å². The van der Waals surface area contributed by atoms with Crippen LogP contribution in [0.15, 0.2) is 18.5 Å². The third-order valence-electron chi connectivity index (χ3n) is 6.08. The maximum atomic E-state index is 13.1. The number of anilines is 1. The summed E-state index contributed by atoms with van der Waals surface area (Å²) in [5.74, 6) is 0.784. The molecule has 27 heavy (non-hydrogen) atoms. The first-order valence-electron chi connectivity index (χ1n) is 9.97. The highest BCUT2D eigenvalue weighted by atomic mass is 16.2. The van der Waals surface area contributed by atoms with Crippen LogP contribution in [-0.4, -0.2) is 95.4 Å². The molecule has 1 aliphatic carbocycles. The average molecular weight is 372 g/mol. The number of rotatable bonds is 4. The van der Waals surface area contributed by atoms with E-state index in [4.69, 9.17) is 0 Å². The van der Waals surface area contributed by atoms with Gasteiger partial charge in [-0.05, 0) is 25.5 Å². The van der Waals surface area contributed by atoms with Gasteiger partial charge in [-0.2, -0.15) is 0 Å². The minimum absolute atomic E-state index is 0.0269. The molecular formula is C19H28N6O2. The molecular weight excluding hydrogens is 344 g/mol. The predicted octanol–water partition coefficient (Wildman–Crippen LogP) is 0.0695. The molecule has 3 aliphatic rings. The fourth-order valence-electron chi connectivity index (χ4n) is 4.08. The number of hydrogen-bond acceptors (Lipinski definition) is 6. The number of carbonyl (C=O) groups is 2. The van der Waals surface area contributed by atoms with Crippen LogP contribution >= 0.6 is 0 Å². The monoisotopic (exact) mass is 372 g/mol. The zero-order valence-electron chi connectivity index (χ0n) is 16.0. The Bertz CT molecular complexity index is 677. The molecule has 1 aromatic heterocycles. The first-order chi connectivity index (χ1) is 13.1. The topological polar surface area (TPSA) is 72.9 Å². The van der Waals surface area contributed by atoms with E-state index in [1.54, 1.807) is 18.5 Å². The van der Waals surface area contributed by atoms with Crippen LogP contribution in [0.4, 0.5) is 5.95 Å². The molecule has 4 rings (SSSR count). The summed E-state index contributed by atoms with van der Waals surface area (Å²) in [5.41, 5.74) is -0.778. The van der Waals surface area contributed by atoms with Crippen LogP contribution in [0.5, 0.6) is 0 Å². The second-order valence-electron chi connectivity index (χ2n) is 7.64. The van der Waals surface area contributed by atoms with Crippen LogP contribution in [0.2, 0.25) is 0 Å². The summed E-state index contributed by atoms with van der Waals surface area (Å²) in [6, 6.07) is 1.80. The Hall–Kier alpha value is -2.22. The van der Waals surface area contributed by atoms with Crippen LogP contribution in [0, 0.1) is 5.41 Å². The van der Waals surface area contributed by atoms with Gasteiger partial charge in [-0.25, -0.2) is 9.97 Å². The Labute approximate surface area is 160 Å². The number of nitrogens with zero attached hydrogens (tertiary/aromatic N) is 6. The number of amides is 2. The molecule has 0 spiro atoms. The van der Waals surface area contributed by atoms with Gasteiger partial charge in [0.15, 0.2) is 0 Å². The van der Waals surface area contributed by atoms with E-state index in [1.165, 1.54) is 0 Å². The minimum Gasteiger partial charge on any atom is -0.339 e. The molecule has 3 fully saturated rings. The van der Waals surface area contributed by atoms with E-state index in [9.17, 15) is 9.59 Å². The lowest BCUT2D eigenvalue weighted by Crippen LogP contribution is -2.56. The summed E-state index contributed by atoms with van der Waals surface area (Å²) < 4.78 is 0. The van der Waals surface area contributed by atoms with Gasteiger partial charge in [0.25, 0.3) is 0 Å². The van der Waals surface area contributed by atoms with Crippen LogP contribution in [-0.2, 0) is 9.59 Å². The molecule has 3 heterocycles. The number of carbonyl (C=O) groups excluding carboxylic acids is 2. The van der Waals surface area contributed by atoms with Crippen molar-refractivity contribution < 1.29 is 9.59 Å². The zero-order valence-corrected chi connectivity index (χ0v) is 16.0. The molecule has 1 aromatic rings. The van der Waals surface area contributed by atoms with Gasteiger partial charge in [-0.3, -0.25) is 9.59 Å². The van der Waals surface area contributed by atoms with Crippen molar-refractivity contribution in [3.05, 3.63) is 18.5 Å². The number of likely N-dealkylation sites (N-methyl/N-ethyl adjacent to an activating group) is 1. The normalized spacial score (nSPS) is 22.6. The maximum absolute atomic E-state index is 13.1. The van der Waals surface area contributed by atoms with E-state index < -0.39 is 5.41 Å². The fraction of sp³-hybridized carbons (Fsp3) is 0.684. The quantitative estimate of drug-likeness (QED) is 0.697. The number of piperazine rings is 2. The molecule has 0 N–H and O–H groups in total. The Balaban J connectivity index is 1.35. The van der Waals surface area contributed by atoms with Gasteiger partial charge in [-0.15, -0.1) is 0 Å². The highest BCUT2D eigenvalue weighted by Crippen LogP contribution is 2.49. The Morgan fingerprint density at radius 1 is 0.889 bits per heavy atom. The van der Waals surface area contributed by atoms with E-state index in [2.05, 4.69) is 26.7 Å². The van der Waals surface area contributed by atoms with E-state index >= 15 is 0 Å². The van der Waals surface area contributed by atoms with Gasteiger partial charge in [0.2, 0.25) is 17.8 Å². The van der Waals surface area contributed by atoms with Gasteiger partial charge < -0.3 is 19.6 Å². The van der Waals surface area contributed by atoms with E-state index in [0.29, 0.717) is 45.0 Å². The summed E-state index contributed by atoms with van der Waals surface area (Å²) >= 11 is 0. The second-order valence-corrected chi connectivity index (χ2v) is 7.64. The van der Waals surface area contributed by atoms with Crippen LogP contribution in [0.3, 0.4) is 0 Å². The molecule has 0 atom stereocenters. The zero-order chi connectivity index (χ0) is 18.9. The van der Waals surface area contributed by atoms with Gasteiger partial charge >= 0.3 is 0 Å². The van der Waals surface area contributed by atoms with Gasteiger partial charge in [0.1, 0.15) is 5.41 Å². The SMILES string of the molecule is CCN1CCN(C(=O)C2(C(=O)N3CCN(c4ncccn4)CC3)CC2)CC1. The molecule has 0 bridgehead atoms. The molecule has 8 nitrogen and oxygen atoms in total. The van der Waals surface area contributed by atoms with Crippen molar-refractivity contribution in [3.63, 3.8) is 0 Å². The first-order valence-corrected chi connectivity index (χ1v) is 9.97.